The van der Waals surface area contributed by atoms with Crippen LogP contribution in [0, 0.1) is 0 Å². The molecule has 29 heavy (non-hydrogen) atoms. The van der Waals surface area contributed by atoms with Gasteiger partial charge in [-0.05, 0) is 39.8 Å². The lowest BCUT2D eigenvalue weighted by molar-refractivity contribution is -0.145. The molecule has 2 rings (SSSR count). The van der Waals surface area contributed by atoms with Gasteiger partial charge in [-0.2, -0.15) is 0 Å². The minimum absolute atomic E-state index is 0. The molecule has 2 unspecified atom stereocenters. The van der Waals surface area contributed by atoms with E-state index in [-0.39, 0.29) is 35.9 Å². The molecular formula is C20H38IN4O4-. The van der Waals surface area contributed by atoms with Crippen LogP contribution in [0.5, 0.6) is 0 Å². The van der Waals surface area contributed by atoms with E-state index in [4.69, 9.17) is 9.47 Å². The first kappa shape index (κ1) is 26.5. The van der Waals surface area contributed by atoms with Gasteiger partial charge in [0, 0.05) is 52.4 Å². The molecule has 2 aliphatic heterocycles. The van der Waals surface area contributed by atoms with Crippen LogP contribution in [0.4, 0.5) is 0 Å². The summed E-state index contributed by atoms with van der Waals surface area (Å²) in [6.07, 6.45) is 2.08. The highest BCUT2D eigenvalue weighted by Gasteiger charge is 2.20. The van der Waals surface area contributed by atoms with Crippen LogP contribution in [0.15, 0.2) is 0 Å². The minimum atomic E-state index is -0.126. The van der Waals surface area contributed by atoms with Crippen LogP contribution in [0.25, 0.3) is 0 Å². The molecule has 2 atom stereocenters. The monoisotopic (exact) mass is 525 g/mol. The SMILES string of the molecule is CCOC(=O)CN1CCCN2CCN(CCCN(CC(=O)OCC)CC2)CC1.[I-]. The average Bonchev–Trinajstić information content (AvgIpc) is 2.66. The predicted octanol–water partition coefficient (Wildman–Crippen LogP) is -2.87. The topological polar surface area (TPSA) is 65.6 Å². The third-order valence-electron chi connectivity index (χ3n) is 5.41. The molecule has 0 amide bonds. The third-order valence-corrected chi connectivity index (χ3v) is 5.41. The van der Waals surface area contributed by atoms with Crippen molar-refractivity contribution in [1.29, 1.82) is 0 Å². The molecule has 0 radical (unpaired) electrons. The van der Waals surface area contributed by atoms with E-state index in [2.05, 4.69) is 19.6 Å². The molecule has 0 spiro atoms. The van der Waals surface area contributed by atoms with Crippen LogP contribution in [-0.4, -0.2) is 123 Å². The van der Waals surface area contributed by atoms with Crippen LogP contribution < -0.4 is 24.0 Å². The Kier molecular flexibility index (Phi) is 14.0. The van der Waals surface area contributed by atoms with Gasteiger partial charge in [-0.25, -0.2) is 0 Å². The van der Waals surface area contributed by atoms with E-state index in [1.54, 1.807) is 0 Å². The largest absolute Gasteiger partial charge is 1.00 e. The summed E-state index contributed by atoms with van der Waals surface area (Å²) in [5.41, 5.74) is 0. The molecule has 0 N–H and O–H groups in total. The van der Waals surface area contributed by atoms with Gasteiger partial charge in [0.05, 0.1) is 26.3 Å². The minimum Gasteiger partial charge on any atom is -1.00 e. The molecule has 2 heterocycles. The molecule has 170 valence electrons. The molecular weight excluding hydrogens is 487 g/mol. The number of halogens is 1. The lowest BCUT2D eigenvalue weighted by Gasteiger charge is -2.35. The second kappa shape index (κ2) is 15.3. The first-order chi connectivity index (χ1) is 13.6. The quantitative estimate of drug-likeness (QED) is 0.271. The molecule has 2 saturated heterocycles. The van der Waals surface area contributed by atoms with Crippen LogP contribution in [0.3, 0.4) is 0 Å². The van der Waals surface area contributed by atoms with Crippen molar-refractivity contribution in [3.05, 3.63) is 0 Å². The normalized spacial score (nSPS) is 24.9. The summed E-state index contributed by atoms with van der Waals surface area (Å²) in [5.74, 6) is -0.252. The number of rotatable bonds is 6. The number of esters is 2. The Balaban J connectivity index is 0.00000420. The fourth-order valence-electron chi connectivity index (χ4n) is 3.87. The fourth-order valence-corrected chi connectivity index (χ4v) is 3.87. The summed E-state index contributed by atoms with van der Waals surface area (Å²) in [6.45, 7) is 15.0. The lowest BCUT2D eigenvalue weighted by Crippen LogP contribution is -3.00. The van der Waals surface area contributed by atoms with Gasteiger partial charge in [-0.1, -0.05) is 0 Å². The van der Waals surface area contributed by atoms with E-state index < -0.39 is 0 Å². The van der Waals surface area contributed by atoms with E-state index in [1.165, 1.54) is 0 Å². The molecule has 8 nitrogen and oxygen atoms in total. The van der Waals surface area contributed by atoms with Gasteiger partial charge in [0.15, 0.2) is 0 Å². The lowest BCUT2D eigenvalue weighted by atomic mass is 10.2. The zero-order valence-corrected chi connectivity index (χ0v) is 20.3. The van der Waals surface area contributed by atoms with E-state index in [0.29, 0.717) is 26.3 Å². The van der Waals surface area contributed by atoms with Crippen molar-refractivity contribution in [2.45, 2.75) is 26.7 Å². The van der Waals surface area contributed by atoms with Crippen molar-refractivity contribution in [1.82, 2.24) is 19.6 Å². The van der Waals surface area contributed by atoms with Crippen molar-refractivity contribution >= 4 is 11.9 Å². The van der Waals surface area contributed by atoms with Gasteiger partial charge in [0.2, 0.25) is 0 Å². The van der Waals surface area contributed by atoms with Crippen molar-refractivity contribution in [2.75, 3.05) is 91.8 Å². The van der Waals surface area contributed by atoms with Crippen molar-refractivity contribution in [3.63, 3.8) is 0 Å². The summed E-state index contributed by atoms with van der Waals surface area (Å²) in [6, 6.07) is 0. The maximum absolute atomic E-state index is 11.9. The van der Waals surface area contributed by atoms with Crippen molar-refractivity contribution < 1.29 is 43.0 Å². The number of carbonyl (C=O) groups excluding carboxylic acids is 2. The van der Waals surface area contributed by atoms with Gasteiger partial charge >= 0.3 is 11.9 Å². The van der Waals surface area contributed by atoms with E-state index >= 15 is 0 Å². The second-order valence-electron chi connectivity index (χ2n) is 7.55. The maximum atomic E-state index is 11.9. The second-order valence-corrected chi connectivity index (χ2v) is 7.55. The Hall–Kier alpha value is -0.490. The number of nitrogens with zero attached hydrogens (tertiary/aromatic N) is 4. The molecule has 0 aromatic heterocycles. The summed E-state index contributed by atoms with van der Waals surface area (Å²) >= 11 is 0. The summed E-state index contributed by atoms with van der Waals surface area (Å²) in [5, 5.41) is 0. The summed E-state index contributed by atoms with van der Waals surface area (Å²) < 4.78 is 10.3. The van der Waals surface area contributed by atoms with Crippen LogP contribution >= 0.6 is 0 Å². The number of hydrogen-bond acceptors (Lipinski definition) is 8. The third kappa shape index (κ3) is 10.9. The number of ether oxygens (including phenoxy) is 2. The van der Waals surface area contributed by atoms with Gasteiger partial charge in [-0.15, -0.1) is 0 Å². The Morgan fingerprint density at radius 2 is 1.00 bits per heavy atom. The molecule has 2 bridgehead atoms. The van der Waals surface area contributed by atoms with Crippen LogP contribution in [0.2, 0.25) is 0 Å². The Morgan fingerprint density at radius 1 is 0.621 bits per heavy atom. The van der Waals surface area contributed by atoms with Crippen molar-refractivity contribution in [2.24, 2.45) is 0 Å². The van der Waals surface area contributed by atoms with E-state index in [1.807, 2.05) is 13.8 Å². The highest BCUT2D eigenvalue weighted by Crippen LogP contribution is 2.06. The smallest absolute Gasteiger partial charge is 0.320 e. The number of carbonyl (C=O) groups is 2. The Bertz CT molecular complexity index is 441. The first-order valence-corrected chi connectivity index (χ1v) is 10.8. The van der Waals surface area contributed by atoms with Crippen LogP contribution in [0.1, 0.15) is 26.7 Å². The van der Waals surface area contributed by atoms with Gasteiger partial charge in [-0.3, -0.25) is 19.4 Å². The van der Waals surface area contributed by atoms with Crippen LogP contribution in [-0.2, 0) is 19.1 Å². The predicted molar refractivity (Wildman–Crippen MR) is 108 cm³/mol. The molecule has 0 saturated carbocycles. The van der Waals surface area contributed by atoms with E-state index in [9.17, 15) is 9.59 Å². The highest BCUT2D eigenvalue weighted by atomic mass is 127. The zero-order chi connectivity index (χ0) is 20.2. The van der Waals surface area contributed by atoms with Gasteiger partial charge < -0.3 is 43.3 Å². The molecule has 0 aliphatic carbocycles. The van der Waals surface area contributed by atoms with Gasteiger partial charge in [0.25, 0.3) is 0 Å². The van der Waals surface area contributed by atoms with Gasteiger partial charge in [0.1, 0.15) is 0 Å². The highest BCUT2D eigenvalue weighted by molar-refractivity contribution is 5.71. The maximum Gasteiger partial charge on any atom is 0.320 e. The Labute approximate surface area is 192 Å². The summed E-state index contributed by atoms with van der Waals surface area (Å²) in [7, 11) is 0. The van der Waals surface area contributed by atoms with Crippen molar-refractivity contribution in [3.8, 4) is 0 Å². The molecule has 9 heteroatoms. The Morgan fingerprint density at radius 3 is 1.38 bits per heavy atom. The molecule has 0 aromatic carbocycles. The first-order valence-electron chi connectivity index (χ1n) is 10.8. The number of hydrogen-bond donors (Lipinski definition) is 0. The molecule has 0 aromatic rings. The standard InChI is InChI=1S/C20H38N4O4.HI/c1-3-27-19(25)17-23-9-5-7-22-12-11-21(13-15-23)8-6-10-24(16-14-22)18-20(26)28-4-2;/h3-18H2,1-2H3;1H/p-1. The summed E-state index contributed by atoms with van der Waals surface area (Å²) in [4.78, 5) is 33.2. The number of fused-ring (bicyclic) bond motifs is 3. The molecule has 2 fully saturated rings. The average molecular weight is 525 g/mol. The van der Waals surface area contributed by atoms with E-state index in [0.717, 1.165) is 78.3 Å². The zero-order valence-electron chi connectivity index (χ0n) is 18.1. The fraction of sp³-hybridized carbons (Fsp3) is 0.900. The molecule has 2 aliphatic rings.